The lowest BCUT2D eigenvalue weighted by atomic mass is 9.95. The van der Waals surface area contributed by atoms with Gasteiger partial charge in [-0.05, 0) is 35.4 Å². The zero-order valence-electron chi connectivity index (χ0n) is 9.31. The molecule has 1 aromatic heterocycles. The van der Waals surface area contributed by atoms with E-state index in [1.54, 1.807) is 0 Å². The van der Waals surface area contributed by atoms with Crippen LogP contribution in [0.3, 0.4) is 0 Å². The average molecular weight is 356 g/mol. The van der Waals surface area contributed by atoms with Crippen molar-refractivity contribution < 1.29 is 0 Å². The number of hydrogen-bond donors (Lipinski definition) is 2. The molecule has 6 heteroatoms. The van der Waals surface area contributed by atoms with E-state index in [1.807, 2.05) is 22.6 Å². The lowest BCUT2D eigenvalue weighted by Crippen LogP contribution is -2.40. The average Bonchev–Trinajstić information content (AvgIpc) is 2.32. The van der Waals surface area contributed by atoms with Crippen LogP contribution in [0, 0.1) is 3.57 Å². The van der Waals surface area contributed by atoms with Crippen molar-refractivity contribution in [3.8, 4) is 0 Å². The van der Waals surface area contributed by atoms with Crippen molar-refractivity contribution in [3.05, 3.63) is 20.3 Å². The predicted octanol–water partition coefficient (Wildman–Crippen LogP) is 2.58. The van der Waals surface area contributed by atoms with Gasteiger partial charge in [0, 0.05) is 5.88 Å². The summed E-state index contributed by atoms with van der Waals surface area (Å²) < 4.78 is 0.566. The number of H-pyrrole nitrogens is 1. The van der Waals surface area contributed by atoms with E-state index in [4.69, 9.17) is 11.6 Å². The molecule has 16 heavy (non-hydrogen) atoms. The van der Waals surface area contributed by atoms with Gasteiger partial charge in [-0.15, -0.1) is 11.6 Å². The Balaban J connectivity index is 3.03. The highest BCUT2D eigenvalue weighted by atomic mass is 127. The van der Waals surface area contributed by atoms with Gasteiger partial charge in [-0.25, -0.2) is 4.98 Å². The number of anilines is 1. The molecule has 4 nitrogen and oxygen atoms in total. The monoisotopic (exact) mass is 355 g/mol. The van der Waals surface area contributed by atoms with E-state index in [0.717, 1.165) is 12.8 Å². The van der Waals surface area contributed by atoms with E-state index in [0.29, 0.717) is 15.3 Å². The van der Waals surface area contributed by atoms with Crippen molar-refractivity contribution in [1.82, 2.24) is 9.97 Å². The number of rotatable bonds is 5. The van der Waals surface area contributed by atoms with Gasteiger partial charge in [0.25, 0.3) is 5.56 Å². The smallest absolute Gasteiger partial charge is 0.266 e. The van der Waals surface area contributed by atoms with Crippen LogP contribution in [0.15, 0.2) is 11.1 Å². The molecule has 0 saturated carbocycles. The molecular formula is C10H15ClIN3O. The Morgan fingerprint density at radius 1 is 1.56 bits per heavy atom. The van der Waals surface area contributed by atoms with Crippen LogP contribution in [-0.2, 0) is 0 Å². The molecule has 2 N–H and O–H groups in total. The first kappa shape index (κ1) is 13.8. The molecule has 1 aromatic rings. The lowest BCUT2D eigenvalue weighted by Gasteiger charge is -2.31. The molecule has 0 saturated heterocycles. The van der Waals surface area contributed by atoms with Crippen LogP contribution in [0.1, 0.15) is 26.7 Å². The highest BCUT2D eigenvalue weighted by Gasteiger charge is 2.26. The van der Waals surface area contributed by atoms with E-state index in [2.05, 4.69) is 29.1 Å². The summed E-state index contributed by atoms with van der Waals surface area (Å²) >= 11 is 7.97. The third kappa shape index (κ3) is 2.88. The summed E-state index contributed by atoms with van der Waals surface area (Å²) in [6, 6.07) is 0. The number of alkyl halides is 1. The molecule has 0 aromatic carbocycles. The molecule has 0 spiro atoms. The highest BCUT2D eigenvalue weighted by Crippen LogP contribution is 2.23. The van der Waals surface area contributed by atoms with Crippen LogP contribution < -0.4 is 10.9 Å². The minimum absolute atomic E-state index is 0.131. The van der Waals surface area contributed by atoms with Gasteiger partial charge in [-0.2, -0.15) is 0 Å². The van der Waals surface area contributed by atoms with Gasteiger partial charge in [-0.3, -0.25) is 4.79 Å². The molecule has 0 aliphatic carbocycles. The molecule has 1 rings (SSSR count). The fourth-order valence-electron chi connectivity index (χ4n) is 1.37. The number of hydrogen-bond acceptors (Lipinski definition) is 3. The molecule has 0 fully saturated rings. The summed E-state index contributed by atoms with van der Waals surface area (Å²) in [5, 5.41) is 3.28. The quantitative estimate of drug-likeness (QED) is 0.630. The summed E-state index contributed by atoms with van der Waals surface area (Å²) in [5.74, 6) is 1.10. The maximum Gasteiger partial charge on any atom is 0.266 e. The Labute approximate surface area is 113 Å². The second-order valence-corrected chi connectivity index (χ2v) is 4.99. The molecule has 0 bridgehead atoms. The van der Waals surface area contributed by atoms with Crippen molar-refractivity contribution in [2.24, 2.45) is 0 Å². The first-order chi connectivity index (χ1) is 7.58. The van der Waals surface area contributed by atoms with E-state index in [-0.39, 0.29) is 11.1 Å². The van der Waals surface area contributed by atoms with Gasteiger partial charge in [0.2, 0.25) is 0 Å². The zero-order chi connectivity index (χ0) is 12.2. The second-order valence-electron chi connectivity index (χ2n) is 3.64. The zero-order valence-corrected chi connectivity index (χ0v) is 12.2. The summed E-state index contributed by atoms with van der Waals surface area (Å²) in [6.45, 7) is 4.14. The summed E-state index contributed by atoms with van der Waals surface area (Å²) in [6.07, 6.45) is 3.17. The number of aromatic nitrogens is 2. The minimum Gasteiger partial charge on any atom is -0.362 e. The molecule has 0 aliphatic heterocycles. The van der Waals surface area contributed by atoms with E-state index < -0.39 is 0 Å². The van der Waals surface area contributed by atoms with Crippen molar-refractivity contribution in [2.45, 2.75) is 32.2 Å². The summed E-state index contributed by atoms with van der Waals surface area (Å²) in [7, 11) is 0. The van der Waals surface area contributed by atoms with Gasteiger partial charge in [0.15, 0.2) is 0 Å². The van der Waals surface area contributed by atoms with Crippen molar-refractivity contribution >= 4 is 40.0 Å². The Hall–Kier alpha value is -0.300. The molecular weight excluding hydrogens is 340 g/mol. The van der Waals surface area contributed by atoms with Crippen molar-refractivity contribution in [1.29, 1.82) is 0 Å². The SMILES string of the molecule is CCC(CC)(CCl)Nc1nc[nH]c(=O)c1I. The molecule has 1 heterocycles. The van der Waals surface area contributed by atoms with Crippen LogP contribution in [0.4, 0.5) is 5.82 Å². The van der Waals surface area contributed by atoms with Gasteiger partial charge >= 0.3 is 0 Å². The minimum atomic E-state index is -0.192. The van der Waals surface area contributed by atoms with Crippen molar-refractivity contribution in [3.63, 3.8) is 0 Å². The van der Waals surface area contributed by atoms with Gasteiger partial charge < -0.3 is 10.3 Å². The Morgan fingerprint density at radius 2 is 2.19 bits per heavy atom. The number of nitrogens with one attached hydrogen (secondary N) is 2. The Kier molecular flexibility index (Phi) is 5.04. The number of nitrogens with zero attached hydrogens (tertiary/aromatic N) is 1. The first-order valence-corrected chi connectivity index (χ1v) is 6.77. The molecule has 0 radical (unpaired) electrons. The highest BCUT2D eigenvalue weighted by molar-refractivity contribution is 14.1. The topological polar surface area (TPSA) is 57.8 Å². The van der Waals surface area contributed by atoms with Crippen molar-refractivity contribution in [2.75, 3.05) is 11.2 Å². The largest absolute Gasteiger partial charge is 0.362 e. The van der Waals surface area contributed by atoms with E-state index in [1.165, 1.54) is 6.33 Å². The van der Waals surface area contributed by atoms with Crippen LogP contribution in [0.5, 0.6) is 0 Å². The van der Waals surface area contributed by atoms with Crippen LogP contribution >= 0.6 is 34.2 Å². The standard InChI is InChI=1S/C10H15ClIN3O/c1-3-10(4-2,5-11)15-8-7(12)9(16)14-6-13-8/h6H,3-5H2,1-2H3,(H2,13,14,15,16). The number of aromatic amines is 1. The molecule has 0 amide bonds. The Bertz CT molecular complexity index is 395. The maximum absolute atomic E-state index is 11.4. The van der Waals surface area contributed by atoms with E-state index in [9.17, 15) is 4.79 Å². The van der Waals surface area contributed by atoms with Crippen LogP contribution in [-0.4, -0.2) is 21.4 Å². The summed E-state index contributed by atoms with van der Waals surface area (Å²) in [5.41, 5.74) is -0.323. The van der Waals surface area contributed by atoms with Crippen LogP contribution in [0.2, 0.25) is 0 Å². The fraction of sp³-hybridized carbons (Fsp3) is 0.600. The molecule has 0 atom stereocenters. The predicted molar refractivity (Wildman–Crippen MR) is 75.2 cm³/mol. The fourth-order valence-corrected chi connectivity index (χ4v) is 2.25. The lowest BCUT2D eigenvalue weighted by molar-refractivity contribution is 0.482. The first-order valence-electron chi connectivity index (χ1n) is 5.16. The normalized spacial score (nSPS) is 11.5. The molecule has 0 aliphatic rings. The molecule has 0 unspecified atom stereocenters. The third-order valence-corrected chi connectivity index (χ3v) is 4.30. The molecule has 90 valence electrons. The van der Waals surface area contributed by atoms with Gasteiger partial charge in [-0.1, -0.05) is 13.8 Å². The second kappa shape index (κ2) is 5.86. The number of halogens is 2. The third-order valence-electron chi connectivity index (χ3n) is 2.79. The Morgan fingerprint density at radius 3 is 2.69 bits per heavy atom. The van der Waals surface area contributed by atoms with Gasteiger partial charge in [0.1, 0.15) is 9.39 Å². The van der Waals surface area contributed by atoms with E-state index >= 15 is 0 Å². The summed E-state index contributed by atoms with van der Waals surface area (Å²) in [4.78, 5) is 18.1. The maximum atomic E-state index is 11.4. The van der Waals surface area contributed by atoms with Gasteiger partial charge in [0.05, 0.1) is 11.9 Å². The van der Waals surface area contributed by atoms with Crippen LogP contribution in [0.25, 0.3) is 0 Å².